The summed E-state index contributed by atoms with van der Waals surface area (Å²) in [5.74, 6) is 0.877. The summed E-state index contributed by atoms with van der Waals surface area (Å²) in [5.41, 5.74) is 11.6. The van der Waals surface area contributed by atoms with Crippen LogP contribution in [0.4, 0.5) is 10.2 Å². The Kier molecular flexibility index (Phi) is 7.02. The van der Waals surface area contributed by atoms with Crippen molar-refractivity contribution >= 4 is 11.7 Å². The van der Waals surface area contributed by atoms with Gasteiger partial charge < -0.3 is 10.6 Å². The summed E-state index contributed by atoms with van der Waals surface area (Å²) >= 11 is 0. The first-order valence-corrected chi connectivity index (χ1v) is 11.6. The Morgan fingerprint density at radius 3 is 2.58 bits per heavy atom. The van der Waals surface area contributed by atoms with Crippen molar-refractivity contribution < 1.29 is 9.18 Å². The average molecular weight is 447 g/mol. The second-order valence-electron chi connectivity index (χ2n) is 8.99. The molecule has 0 unspecified atom stereocenters. The van der Waals surface area contributed by atoms with Gasteiger partial charge in [-0.1, -0.05) is 12.1 Å². The van der Waals surface area contributed by atoms with Gasteiger partial charge in [0.15, 0.2) is 0 Å². The van der Waals surface area contributed by atoms with E-state index in [0.717, 1.165) is 66.9 Å². The van der Waals surface area contributed by atoms with E-state index in [1.165, 1.54) is 6.07 Å². The van der Waals surface area contributed by atoms with E-state index in [4.69, 9.17) is 10.7 Å². The molecule has 2 aromatic heterocycles. The normalized spacial score (nSPS) is 14.5. The number of rotatable bonds is 6. The summed E-state index contributed by atoms with van der Waals surface area (Å²) in [6, 6.07) is 13.2. The predicted octanol–water partition coefficient (Wildman–Crippen LogP) is 5.21. The third-order valence-corrected chi connectivity index (χ3v) is 6.44. The zero-order chi connectivity index (χ0) is 23.4. The summed E-state index contributed by atoms with van der Waals surface area (Å²) < 4.78 is 13.4. The maximum atomic E-state index is 13.4. The Morgan fingerprint density at radius 2 is 1.88 bits per heavy atom. The number of halogens is 1. The number of nitrogens with zero attached hydrogens (tertiary/aromatic N) is 3. The highest BCUT2D eigenvalue weighted by Gasteiger charge is 2.25. The van der Waals surface area contributed by atoms with E-state index in [-0.39, 0.29) is 11.7 Å². The number of benzene rings is 1. The van der Waals surface area contributed by atoms with Gasteiger partial charge in [-0.05, 0) is 86.6 Å². The van der Waals surface area contributed by atoms with Crippen LogP contribution in [0.1, 0.15) is 54.1 Å². The van der Waals surface area contributed by atoms with Crippen molar-refractivity contribution in [3.63, 3.8) is 0 Å². The van der Waals surface area contributed by atoms with Crippen LogP contribution in [-0.2, 0) is 11.2 Å². The Labute approximate surface area is 194 Å². The highest BCUT2D eigenvalue weighted by molar-refractivity contribution is 5.76. The molecule has 3 aromatic rings. The summed E-state index contributed by atoms with van der Waals surface area (Å²) in [6.45, 7) is 5.30. The van der Waals surface area contributed by atoms with Crippen LogP contribution in [0.2, 0.25) is 0 Å². The van der Waals surface area contributed by atoms with E-state index in [1.807, 2.05) is 36.1 Å². The maximum absolute atomic E-state index is 13.4. The molecule has 6 heteroatoms. The van der Waals surface area contributed by atoms with Crippen LogP contribution in [0, 0.1) is 19.7 Å². The highest BCUT2D eigenvalue weighted by atomic mass is 19.1. The lowest BCUT2D eigenvalue weighted by Gasteiger charge is -2.32. The molecule has 1 aliphatic heterocycles. The number of likely N-dealkylation sites (tertiary alicyclic amines) is 1. The summed E-state index contributed by atoms with van der Waals surface area (Å²) in [4.78, 5) is 23.7. The minimum Gasteiger partial charge on any atom is -0.384 e. The fourth-order valence-electron chi connectivity index (χ4n) is 4.53. The van der Waals surface area contributed by atoms with Crippen molar-refractivity contribution in [3.05, 3.63) is 77.0 Å². The lowest BCUT2D eigenvalue weighted by atomic mass is 9.91. The first kappa shape index (κ1) is 22.9. The van der Waals surface area contributed by atoms with Crippen LogP contribution in [0.15, 0.2) is 48.7 Å². The van der Waals surface area contributed by atoms with Crippen molar-refractivity contribution in [2.24, 2.45) is 0 Å². The van der Waals surface area contributed by atoms with E-state index in [2.05, 4.69) is 17.1 Å². The number of carbonyl (C=O) groups excluding carboxylic acids is 1. The zero-order valence-electron chi connectivity index (χ0n) is 19.4. The lowest BCUT2D eigenvalue weighted by Crippen LogP contribution is -2.38. The topological polar surface area (TPSA) is 72.1 Å². The molecule has 5 nitrogen and oxygen atoms in total. The Balaban J connectivity index is 1.31. The maximum Gasteiger partial charge on any atom is 0.222 e. The Morgan fingerprint density at radius 1 is 1.09 bits per heavy atom. The second-order valence-corrected chi connectivity index (χ2v) is 8.99. The Bertz CT molecular complexity index is 1120. The quantitative estimate of drug-likeness (QED) is 0.564. The zero-order valence-corrected chi connectivity index (χ0v) is 19.4. The van der Waals surface area contributed by atoms with E-state index < -0.39 is 0 Å². The molecule has 172 valence electrons. The smallest absolute Gasteiger partial charge is 0.222 e. The van der Waals surface area contributed by atoms with Gasteiger partial charge in [0, 0.05) is 48.6 Å². The van der Waals surface area contributed by atoms with Gasteiger partial charge in [0.05, 0.1) is 0 Å². The molecule has 0 aliphatic carbocycles. The van der Waals surface area contributed by atoms with Crippen LogP contribution in [0.3, 0.4) is 0 Å². The average Bonchev–Trinajstić information content (AvgIpc) is 2.81. The minimum absolute atomic E-state index is 0.182. The molecule has 1 amide bonds. The monoisotopic (exact) mass is 446 g/mol. The number of hydrogen-bond acceptors (Lipinski definition) is 4. The number of nitrogen functional groups attached to an aromatic ring is 1. The second kappa shape index (κ2) is 10.1. The van der Waals surface area contributed by atoms with Gasteiger partial charge in [0.2, 0.25) is 5.91 Å². The van der Waals surface area contributed by atoms with Gasteiger partial charge >= 0.3 is 0 Å². The van der Waals surface area contributed by atoms with E-state index in [0.29, 0.717) is 23.7 Å². The van der Waals surface area contributed by atoms with E-state index in [1.54, 1.807) is 13.1 Å². The summed E-state index contributed by atoms with van der Waals surface area (Å²) in [7, 11) is 0. The number of pyridine rings is 2. The Hall–Kier alpha value is -3.28. The number of amides is 1. The SMILES string of the molecule is Cc1cc(-c2ccc(N)nc2)cc(C2CCN(C(=O)CCCc3ccc(F)c(C)c3)CC2)n1. The molecular weight excluding hydrogens is 415 g/mol. The molecule has 0 radical (unpaired) electrons. The summed E-state index contributed by atoms with van der Waals surface area (Å²) in [6.07, 6.45) is 5.72. The molecule has 33 heavy (non-hydrogen) atoms. The third kappa shape index (κ3) is 5.75. The van der Waals surface area contributed by atoms with Crippen LogP contribution < -0.4 is 5.73 Å². The molecular formula is C27H31FN4O. The molecule has 0 saturated carbocycles. The van der Waals surface area contributed by atoms with Gasteiger partial charge in [0.1, 0.15) is 11.6 Å². The van der Waals surface area contributed by atoms with Gasteiger partial charge in [-0.25, -0.2) is 9.37 Å². The van der Waals surface area contributed by atoms with E-state index in [9.17, 15) is 9.18 Å². The number of aromatic nitrogens is 2. The number of nitrogens with two attached hydrogens (primary N) is 1. The molecule has 0 spiro atoms. The van der Waals surface area contributed by atoms with E-state index >= 15 is 0 Å². The number of aryl methyl sites for hydroxylation is 3. The number of piperidine rings is 1. The number of carbonyl (C=O) groups is 1. The standard InChI is InChI=1S/C27H31FN4O/c1-18-14-20(6-8-24(18)28)4-3-5-27(33)32-12-10-21(11-13-32)25-16-23(15-19(2)31-25)22-7-9-26(29)30-17-22/h6-9,14-17,21H,3-5,10-13H2,1-2H3,(H2,29,30). The van der Waals surface area contributed by atoms with Gasteiger partial charge in [0.25, 0.3) is 0 Å². The molecule has 0 bridgehead atoms. The molecule has 0 atom stereocenters. The van der Waals surface area contributed by atoms with Crippen molar-refractivity contribution in [2.45, 2.75) is 51.9 Å². The van der Waals surface area contributed by atoms with Crippen LogP contribution >= 0.6 is 0 Å². The molecule has 2 N–H and O–H groups in total. The van der Waals surface area contributed by atoms with Crippen molar-refractivity contribution in [2.75, 3.05) is 18.8 Å². The van der Waals surface area contributed by atoms with Crippen LogP contribution in [0.25, 0.3) is 11.1 Å². The van der Waals surface area contributed by atoms with Gasteiger partial charge in [-0.15, -0.1) is 0 Å². The van der Waals surface area contributed by atoms with Crippen LogP contribution in [0.5, 0.6) is 0 Å². The van der Waals surface area contributed by atoms with Crippen molar-refractivity contribution in [1.82, 2.24) is 14.9 Å². The fraction of sp³-hybridized carbons (Fsp3) is 0.370. The molecule has 1 aliphatic rings. The van der Waals surface area contributed by atoms with Gasteiger partial charge in [-0.3, -0.25) is 9.78 Å². The van der Waals surface area contributed by atoms with Gasteiger partial charge in [-0.2, -0.15) is 0 Å². The fourth-order valence-corrected chi connectivity index (χ4v) is 4.53. The number of anilines is 1. The molecule has 1 aromatic carbocycles. The number of hydrogen-bond donors (Lipinski definition) is 1. The molecule has 1 saturated heterocycles. The first-order valence-electron chi connectivity index (χ1n) is 11.6. The van der Waals surface area contributed by atoms with Crippen molar-refractivity contribution in [3.8, 4) is 11.1 Å². The predicted molar refractivity (Wildman–Crippen MR) is 129 cm³/mol. The largest absolute Gasteiger partial charge is 0.384 e. The summed E-state index contributed by atoms with van der Waals surface area (Å²) in [5, 5.41) is 0. The molecule has 3 heterocycles. The third-order valence-electron chi connectivity index (χ3n) is 6.44. The molecule has 1 fully saturated rings. The molecule has 4 rings (SSSR count). The van der Waals surface area contributed by atoms with Crippen LogP contribution in [-0.4, -0.2) is 33.9 Å². The first-order chi connectivity index (χ1) is 15.9. The highest BCUT2D eigenvalue weighted by Crippen LogP contribution is 2.30. The minimum atomic E-state index is -0.182. The lowest BCUT2D eigenvalue weighted by molar-refractivity contribution is -0.132. The van der Waals surface area contributed by atoms with Crippen molar-refractivity contribution in [1.29, 1.82) is 0 Å².